The lowest BCUT2D eigenvalue weighted by Crippen LogP contribution is -2.25. The van der Waals surface area contributed by atoms with Crippen LogP contribution in [0.3, 0.4) is 0 Å². The van der Waals surface area contributed by atoms with E-state index in [1.165, 1.54) is 19.3 Å². The van der Waals surface area contributed by atoms with Gasteiger partial charge in [-0.1, -0.05) is 25.0 Å². The number of hydrogen-bond donors (Lipinski definition) is 2. The van der Waals surface area contributed by atoms with Crippen LogP contribution in [0.1, 0.15) is 36.0 Å². The summed E-state index contributed by atoms with van der Waals surface area (Å²) in [4.78, 5) is 11.9. The van der Waals surface area contributed by atoms with E-state index < -0.39 is 0 Å². The van der Waals surface area contributed by atoms with Gasteiger partial charge in [0.05, 0.1) is 5.56 Å². The molecule has 1 aromatic rings. The molecule has 0 aromatic heterocycles. The molecule has 1 aromatic carbocycles. The van der Waals surface area contributed by atoms with Crippen molar-refractivity contribution in [2.24, 2.45) is 0 Å². The standard InChI is InChI=1S/C13H18N2O/c16-13-11-7-3-4-8-12(11)14-9-5-1-2-6-10-15-13/h3-4,7-8,14H,1-2,5-6,9-10H2,(H,15,16). The molecule has 1 heterocycles. The first-order valence-corrected chi connectivity index (χ1v) is 5.99. The largest absolute Gasteiger partial charge is 0.384 e. The molecule has 0 fully saturated rings. The topological polar surface area (TPSA) is 41.1 Å². The van der Waals surface area contributed by atoms with Crippen LogP contribution in [0.4, 0.5) is 5.69 Å². The lowest BCUT2D eigenvalue weighted by atomic mass is 10.1. The minimum absolute atomic E-state index is 0.0324. The monoisotopic (exact) mass is 218 g/mol. The Hall–Kier alpha value is -1.51. The second kappa shape index (κ2) is 5.54. The van der Waals surface area contributed by atoms with Gasteiger partial charge in [0, 0.05) is 18.8 Å². The zero-order valence-corrected chi connectivity index (χ0v) is 9.46. The summed E-state index contributed by atoms with van der Waals surface area (Å²) in [5.74, 6) is 0.0324. The van der Waals surface area contributed by atoms with E-state index in [4.69, 9.17) is 0 Å². The van der Waals surface area contributed by atoms with Crippen molar-refractivity contribution >= 4 is 11.6 Å². The smallest absolute Gasteiger partial charge is 0.253 e. The predicted molar refractivity (Wildman–Crippen MR) is 65.7 cm³/mol. The maximum Gasteiger partial charge on any atom is 0.253 e. The molecule has 1 aliphatic heterocycles. The van der Waals surface area contributed by atoms with Crippen LogP contribution in [-0.2, 0) is 0 Å². The van der Waals surface area contributed by atoms with E-state index >= 15 is 0 Å². The third-order valence-corrected chi connectivity index (χ3v) is 2.88. The number of amides is 1. The lowest BCUT2D eigenvalue weighted by molar-refractivity contribution is 0.0954. The van der Waals surface area contributed by atoms with Crippen molar-refractivity contribution in [3.05, 3.63) is 29.8 Å². The Labute approximate surface area is 96.2 Å². The van der Waals surface area contributed by atoms with Gasteiger partial charge < -0.3 is 10.6 Å². The number of carbonyl (C=O) groups excluding carboxylic acids is 1. The highest BCUT2D eigenvalue weighted by Crippen LogP contribution is 2.15. The molecule has 16 heavy (non-hydrogen) atoms. The van der Waals surface area contributed by atoms with Crippen LogP contribution in [0, 0.1) is 0 Å². The van der Waals surface area contributed by atoms with E-state index in [-0.39, 0.29) is 5.91 Å². The summed E-state index contributed by atoms with van der Waals surface area (Å²) in [5.41, 5.74) is 1.70. The number of nitrogens with one attached hydrogen (secondary N) is 2. The quantitative estimate of drug-likeness (QED) is 0.702. The van der Waals surface area contributed by atoms with Crippen LogP contribution in [0.15, 0.2) is 24.3 Å². The zero-order valence-electron chi connectivity index (χ0n) is 9.46. The van der Waals surface area contributed by atoms with Crippen LogP contribution in [0.2, 0.25) is 0 Å². The van der Waals surface area contributed by atoms with E-state index in [1.807, 2.05) is 24.3 Å². The number of para-hydroxylation sites is 1. The van der Waals surface area contributed by atoms with Gasteiger partial charge in [0.25, 0.3) is 5.91 Å². The van der Waals surface area contributed by atoms with E-state index in [1.54, 1.807) is 0 Å². The Morgan fingerprint density at radius 3 is 2.38 bits per heavy atom. The maximum absolute atomic E-state index is 11.9. The van der Waals surface area contributed by atoms with Crippen LogP contribution in [0.5, 0.6) is 0 Å². The Kier molecular flexibility index (Phi) is 3.81. The zero-order chi connectivity index (χ0) is 11.2. The SMILES string of the molecule is O=C1NCCCCCCNc2ccccc21. The number of benzene rings is 1. The third kappa shape index (κ3) is 2.75. The minimum atomic E-state index is 0.0324. The molecule has 2 rings (SSSR count). The fraction of sp³-hybridized carbons (Fsp3) is 0.462. The van der Waals surface area contributed by atoms with Gasteiger partial charge in [-0.2, -0.15) is 0 Å². The summed E-state index contributed by atoms with van der Waals surface area (Å²) >= 11 is 0. The number of rotatable bonds is 0. The average Bonchev–Trinajstić information content (AvgIpc) is 2.35. The van der Waals surface area contributed by atoms with Gasteiger partial charge in [0.2, 0.25) is 0 Å². The van der Waals surface area contributed by atoms with Gasteiger partial charge in [-0.3, -0.25) is 4.79 Å². The molecule has 1 amide bonds. The predicted octanol–water partition coefficient (Wildman–Crippen LogP) is 2.40. The number of fused-ring (bicyclic) bond motifs is 1. The molecular formula is C13H18N2O. The van der Waals surface area contributed by atoms with Crippen molar-refractivity contribution in [2.75, 3.05) is 18.4 Å². The van der Waals surface area contributed by atoms with Crippen molar-refractivity contribution in [1.29, 1.82) is 0 Å². The molecule has 3 heteroatoms. The van der Waals surface area contributed by atoms with Crippen LogP contribution in [0.25, 0.3) is 0 Å². The molecule has 0 saturated heterocycles. The number of carbonyl (C=O) groups is 1. The average molecular weight is 218 g/mol. The first-order chi connectivity index (χ1) is 7.88. The van der Waals surface area contributed by atoms with E-state index in [2.05, 4.69) is 10.6 Å². The van der Waals surface area contributed by atoms with E-state index in [0.717, 1.165) is 30.8 Å². The van der Waals surface area contributed by atoms with Crippen molar-refractivity contribution in [3.63, 3.8) is 0 Å². The van der Waals surface area contributed by atoms with Gasteiger partial charge >= 0.3 is 0 Å². The molecule has 86 valence electrons. The maximum atomic E-state index is 11.9. The van der Waals surface area contributed by atoms with Gasteiger partial charge in [0.15, 0.2) is 0 Å². The molecule has 3 nitrogen and oxygen atoms in total. The summed E-state index contributed by atoms with van der Waals surface area (Å²) in [6.07, 6.45) is 4.67. The Morgan fingerprint density at radius 1 is 0.875 bits per heavy atom. The summed E-state index contributed by atoms with van der Waals surface area (Å²) in [7, 11) is 0. The molecule has 0 unspecified atom stereocenters. The summed E-state index contributed by atoms with van der Waals surface area (Å²) in [6, 6.07) is 7.70. The van der Waals surface area contributed by atoms with E-state index in [0.29, 0.717) is 0 Å². The minimum Gasteiger partial charge on any atom is -0.384 e. The van der Waals surface area contributed by atoms with Gasteiger partial charge in [-0.05, 0) is 25.0 Å². The lowest BCUT2D eigenvalue weighted by Gasteiger charge is -2.10. The van der Waals surface area contributed by atoms with Gasteiger partial charge in [-0.15, -0.1) is 0 Å². The van der Waals surface area contributed by atoms with Crippen molar-refractivity contribution in [1.82, 2.24) is 5.32 Å². The van der Waals surface area contributed by atoms with E-state index in [9.17, 15) is 4.79 Å². The molecule has 0 aliphatic carbocycles. The van der Waals surface area contributed by atoms with Crippen molar-refractivity contribution < 1.29 is 4.79 Å². The Bertz CT molecular complexity index is 363. The molecule has 0 saturated carbocycles. The first kappa shape index (κ1) is 11.0. The highest BCUT2D eigenvalue weighted by atomic mass is 16.1. The van der Waals surface area contributed by atoms with Crippen LogP contribution >= 0.6 is 0 Å². The summed E-state index contributed by atoms with van der Waals surface area (Å²) in [6.45, 7) is 1.73. The molecule has 0 spiro atoms. The normalized spacial score (nSPS) is 17.6. The number of anilines is 1. The second-order valence-electron chi connectivity index (χ2n) is 4.14. The summed E-state index contributed by atoms with van der Waals surface area (Å²) in [5, 5.41) is 6.29. The van der Waals surface area contributed by atoms with Gasteiger partial charge in [-0.25, -0.2) is 0 Å². The molecule has 2 N–H and O–H groups in total. The van der Waals surface area contributed by atoms with Crippen molar-refractivity contribution in [3.8, 4) is 0 Å². The van der Waals surface area contributed by atoms with Crippen LogP contribution < -0.4 is 10.6 Å². The van der Waals surface area contributed by atoms with Crippen LogP contribution in [-0.4, -0.2) is 19.0 Å². The summed E-state index contributed by atoms with van der Waals surface area (Å²) < 4.78 is 0. The highest BCUT2D eigenvalue weighted by Gasteiger charge is 2.10. The number of hydrogen-bond acceptors (Lipinski definition) is 2. The third-order valence-electron chi connectivity index (χ3n) is 2.88. The second-order valence-corrected chi connectivity index (χ2v) is 4.14. The fourth-order valence-electron chi connectivity index (χ4n) is 1.96. The van der Waals surface area contributed by atoms with Crippen molar-refractivity contribution in [2.45, 2.75) is 25.7 Å². The molecular weight excluding hydrogens is 200 g/mol. The Balaban J connectivity index is 2.17. The molecule has 0 atom stereocenters. The fourth-order valence-corrected chi connectivity index (χ4v) is 1.96. The molecule has 0 bridgehead atoms. The molecule has 1 aliphatic rings. The highest BCUT2D eigenvalue weighted by molar-refractivity contribution is 5.99. The first-order valence-electron chi connectivity index (χ1n) is 5.99. The molecule has 0 radical (unpaired) electrons. The Morgan fingerprint density at radius 2 is 1.56 bits per heavy atom. The van der Waals surface area contributed by atoms with Gasteiger partial charge in [0.1, 0.15) is 0 Å².